The first-order valence-electron chi connectivity index (χ1n) is 4.09. The second-order valence-corrected chi connectivity index (χ2v) is 3.08. The zero-order chi connectivity index (χ0) is 8.27. The summed E-state index contributed by atoms with van der Waals surface area (Å²) < 4.78 is 0. The molecule has 0 saturated heterocycles. The van der Waals surface area contributed by atoms with Gasteiger partial charge in [0.15, 0.2) is 0 Å². The van der Waals surface area contributed by atoms with E-state index in [1.165, 1.54) is 16.4 Å². The summed E-state index contributed by atoms with van der Waals surface area (Å²) in [5, 5.41) is 1.18. The van der Waals surface area contributed by atoms with E-state index < -0.39 is 0 Å². The molecule has 0 spiro atoms. The molecule has 1 aromatic rings. The van der Waals surface area contributed by atoms with Crippen LogP contribution in [0, 0.1) is 0 Å². The molecule has 0 N–H and O–H groups in total. The minimum Gasteiger partial charge on any atom is -1.45 e. The maximum atomic E-state index is 4.47. The van der Waals surface area contributed by atoms with Gasteiger partial charge in [0.05, 0.1) is 0 Å². The van der Waals surface area contributed by atoms with Crippen molar-refractivity contribution in [1.82, 2.24) is 0 Å². The molecule has 0 radical (unpaired) electrons. The molecule has 0 nitrogen and oxygen atoms in total. The fourth-order valence-electron chi connectivity index (χ4n) is 1.22. The third-order valence-electron chi connectivity index (χ3n) is 1.96. The van der Waals surface area contributed by atoms with Gasteiger partial charge in [0.25, 0.3) is 0 Å². The van der Waals surface area contributed by atoms with E-state index in [0.717, 1.165) is 12.8 Å². The quantitative estimate of drug-likeness (QED) is 0.380. The molecular formula is C10H13K2P. The topological polar surface area (TPSA) is 0 Å². The van der Waals surface area contributed by atoms with Crippen molar-refractivity contribution in [3.8, 4) is 0 Å². The molecule has 0 unspecified atom stereocenters. The molecule has 3 heteroatoms. The number of benzene rings is 1. The number of hydrogen-bond acceptors (Lipinski definition) is 0. The Labute approximate surface area is 169 Å². The van der Waals surface area contributed by atoms with Crippen LogP contribution in [0.25, 0.3) is 0 Å². The largest absolute Gasteiger partial charge is 1.45 e. The molecule has 0 aliphatic carbocycles. The Balaban J connectivity index is 0. The van der Waals surface area contributed by atoms with Crippen LogP contribution in [0.3, 0.4) is 0 Å². The van der Waals surface area contributed by atoms with Crippen molar-refractivity contribution < 1.29 is 103 Å². The third-order valence-corrected chi connectivity index (χ3v) is 2.54. The molecule has 13 heavy (non-hydrogen) atoms. The molecular weight excluding hydrogens is 229 g/mol. The summed E-state index contributed by atoms with van der Waals surface area (Å²) >= 11 is 0. The SMILES string of the molecule is CCc1cccc(CC)c1[P-2].[K+].[K+]. The van der Waals surface area contributed by atoms with Crippen LogP contribution in [0.1, 0.15) is 25.0 Å². The fourth-order valence-corrected chi connectivity index (χ4v) is 1.68. The van der Waals surface area contributed by atoms with Crippen LogP contribution in [-0.2, 0) is 12.8 Å². The molecule has 1 rings (SSSR count). The van der Waals surface area contributed by atoms with E-state index in [0.29, 0.717) is 0 Å². The van der Waals surface area contributed by atoms with Gasteiger partial charge >= 0.3 is 103 Å². The monoisotopic (exact) mass is 242 g/mol. The average Bonchev–Trinajstić information content (AvgIpc) is 2.05. The predicted octanol–water partition coefficient (Wildman–Crippen LogP) is -3.14. The van der Waals surface area contributed by atoms with Gasteiger partial charge < -0.3 is 14.5 Å². The number of aryl methyl sites for hydroxylation is 2. The molecule has 0 bridgehead atoms. The van der Waals surface area contributed by atoms with Gasteiger partial charge in [-0.3, -0.25) is 0 Å². The van der Waals surface area contributed by atoms with Gasteiger partial charge in [-0.25, -0.2) is 0 Å². The molecule has 0 atom stereocenters. The van der Waals surface area contributed by atoms with Crippen LogP contribution >= 0.6 is 9.24 Å². The molecule has 0 aliphatic rings. The Morgan fingerprint density at radius 2 is 1.38 bits per heavy atom. The van der Waals surface area contributed by atoms with Gasteiger partial charge in [-0.15, -0.1) is 11.1 Å². The summed E-state index contributed by atoms with van der Waals surface area (Å²) in [6.07, 6.45) is 2.15. The van der Waals surface area contributed by atoms with Gasteiger partial charge in [0.2, 0.25) is 0 Å². The Morgan fingerprint density at radius 1 is 1.00 bits per heavy atom. The smallest absolute Gasteiger partial charge is 1.00 e. The minimum atomic E-state index is 0. The van der Waals surface area contributed by atoms with E-state index in [2.05, 4.69) is 41.3 Å². The van der Waals surface area contributed by atoms with Crippen LogP contribution in [0.15, 0.2) is 18.2 Å². The second kappa shape index (κ2) is 10.1. The van der Waals surface area contributed by atoms with Crippen molar-refractivity contribution in [3.63, 3.8) is 0 Å². The molecule has 0 aliphatic heterocycles. The first-order valence-corrected chi connectivity index (χ1v) is 4.54. The van der Waals surface area contributed by atoms with E-state index >= 15 is 0 Å². The summed E-state index contributed by atoms with van der Waals surface area (Å²) in [6, 6.07) is 6.39. The van der Waals surface area contributed by atoms with Crippen LogP contribution in [0.2, 0.25) is 0 Å². The van der Waals surface area contributed by atoms with Crippen LogP contribution < -0.4 is 108 Å². The normalized spacial score (nSPS) is 8.54. The van der Waals surface area contributed by atoms with Crippen molar-refractivity contribution in [2.45, 2.75) is 26.7 Å². The predicted molar refractivity (Wildman–Crippen MR) is 51.8 cm³/mol. The molecule has 0 fully saturated rings. The van der Waals surface area contributed by atoms with Gasteiger partial charge in [-0.1, -0.05) is 32.0 Å². The standard InChI is InChI=1S/C10H13P.2K/c1-3-8-6-5-7-9(4-2)10(8)11;;/h5-7H,3-4H2,1-2H3;;/q-2;2*+1. The molecule has 1 aromatic carbocycles. The summed E-state index contributed by atoms with van der Waals surface area (Å²) in [4.78, 5) is 0. The average molecular weight is 242 g/mol. The van der Waals surface area contributed by atoms with Crippen LogP contribution in [0.4, 0.5) is 0 Å². The fraction of sp³-hybridized carbons (Fsp3) is 0.400. The Morgan fingerprint density at radius 3 is 1.69 bits per heavy atom. The number of hydrogen-bond donors (Lipinski definition) is 0. The van der Waals surface area contributed by atoms with Gasteiger partial charge in [-0.2, -0.15) is 0 Å². The Kier molecular flexibility index (Phi) is 14.2. The second-order valence-electron chi connectivity index (χ2n) is 2.63. The van der Waals surface area contributed by atoms with Crippen molar-refractivity contribution >= 4 is 14.5 Å². The summed E-state index contributed by atoms with van der Waals surface area (Å²) in [6.45, 7) is 4.32. The Hall–Kier alpha value is 2.92. The zero-order valence-electron chi connectivity index (χ0n) is 9.09. The molecule has 0 aromatic heterocycles. The van der Waals surface area contributed by atoms with E-state index in [9.17, 15) is 0 Å². The summed E-state index contributed by atoms with van der Waals surface area (Å²) in [5.74, 6) is 0. The van der Waals surface area contributed by atoms with Gasteiger partial charge in [-0.05, 0) is 12.8 Å². The van der Waals surface area contributed by atoms with Gasteiger partial charge in [0, 0.05) is 0 Å². The third kappa shape index (κ3) is 5.69. The summed E-state index contributed by atoms with van der Waals surface area (Å²) in [5.41, 5.74) is 2.71. The van der Waals surface area contributed by atoms with Crippen molar-refractivity contribution in [1.29, 1.82) is 0 Å². The number of rotatable bonds is 2. The Bertz CT molecular complexity index is 226. The van der Waals surface area contributed by atoms with Crippen molar-refractivity contribution in [3.05, 3.63) is 29.3 Å². The van der Waals surface area contributed by atoms with Crippen molar-refractivity contribution in [2.75, 3.05) is 0 Å². The van der Waals surface area contributed by atoms with Crippen molar-refractivity contribution in [2.24, 2.45) is 0 Å². The molecule has 0 amide bonds. The van der Waals surface area contributed by atoms with E-state index in [-0.39, 0.29) is 103 Å². The maximum Gasteiger partial charge on any atom is 1.00 e. The first kappa shape index (κ1) is 18.3. The molecule has 0 saturated carbocycles. The van der Waals surface area contributed by atoms with Gasteiger partial charge in [0.1, 0.15) is 0 Å². The van der Waals surface area contributed by atoms with E-state index in [4.69, 9.17) is 0 Å². The van der Waals surface area contributed by atoms with E-state index in [1.54, 1.807) is 0 Å². The van der Waals surface area contributed by atoms with Crippen LogP contribution in [0.5, 0.6) is 0 Å². The summed E-state index contributed by atoms with van der Waals surface area (Å²) in [7, 11) is 4.47. The minimum absolute atomic E-state index is 0. The molecule has 0 heterocycles. The maximum absolute atomic E-state index is 4.47. The van der Waals surface area contributed by atoms with E-state index in [1.807, 2.05) is 0 Å². The first-order chi connectivity index (χ1) is 5.29. The molecule has 60 valence electrons. The zero-order valence-corrected chi connectivity index (χ0v) is 16.2. The van der Waals surface area contributed by atoms with Crippen LogP contribution in [-0.4, -0.2) is 0 Å².